The minimum Gasteiger partial charge on any atom is -0.357 e. The van der Waals surface area contributed by atoms with Crippen LogP contribution >= 0.6 is 11.6 Å². The fourth-order valence-corrected chi connectivity index (χ4v) is 2.67. The molecule has 0 saturated carbocycles. The van der Waals surface area contributed by atoms with Crippen molar-refractivity contribution >= 4 is 22.5 Å². The van der Waals surface area contributed by atoms with Crippen molar-refractivity contribution in [2.45, 2.75) is 19.9 Å². The molecule has 2 N–H and O–H groups in total. The van der Waals surface area contributed by atoms with Gasteiger partial charge in [0, 0.05) is 30.6 Å². The van der Waals surface area contributed by atoms with Crippen LogP contribution in [0.5, 0.6) is 0 Å². The lowest BCUT2D eigenvalue weighted by Gasteiger charge is -2.13. The third-order valence-electron chi connectivity index (χ3n) is 3.27. The zero-order chi connectivity index (χ0) is 11.3. The summed E-state index contributed by atoms with van der Waals surface area (Å²) < 4.78 is 13.6. The van der Waals surface area contributed by atoms with Gasteiger partial charge in [0.25, 0.3) is 0 Å². The van der Waals surface area contributed by atoms with Gasteiger partial charge in [-0.15, -0.1) is 0 Å². The van der Waals surface area contributed by atoms with Crippen LogP contribution in [0, 0.1) is 12.7 Å². The molecule has 1 aromatic carbocycles. The lowest BCUT2D eigenvalue weighted by atomic mass is 10.0. The fraction of sp³-hybridized carbons (Fsp3) is 0.333. The minimum absolute atomic E-state index is 0.232. The molecule has 0 bridgehead atoms. The molecule has 16 heavy (non-hydrogen) atoms. The highest BCUT2D eigenvalue weighted by Gasteiger charge is 2.19. The van der Waals surface area contributed by atoms with Crippen molar-refractivity contribution < 1.29 is 4.39 Å². The van der Waals surface area contributed by atoms with Gasteiger partial charge < -0.3 is 10.3 Å². The summed E-state index contributed by atoms with van der Waals surface area (Å²) in [6.07, 6.45) is 0.946. The second kappa shape index (κ2) is 3.47. The number of aromatic nitrogens is 1. The fourth-order valence-electron chi connectivity index (χ4n) is 2.43. The predicted molar refractivity (Wildman–Crippen MR) is 63.4 cm³/mol. The van der Waals surface area contributed by atoms with Crippen molar-refractivity contribution in [3.8, 4) is 0 Å². The van der Waals surface area contributed by atoms with Crippen molar-refractivity contribution in [1.29, 1.82) is 0 Å². The molecule has 0 fully saturated rings. The Labute approximate surface area is 97.8 Å². The Bertz CT molecular complexity index is 574. The number of rotatable bonds is 0. The van der Waals surface area contributed by atoms with Crippen LogP contribution in [-0.2, 0) is 13.0 Å². The molecule has 0 aliphatic carbocycles. The number of hydrogen-bond donors (Lipinski definition) is 2. The topological polar surface area (TPSA) is 27.8 Å². The number of hydrogen-bond acceptors (Lipinski definition) is 1. The van der Waals surface area contributed by atoms with Crippen molar-refractivity contribution in [2.75, 3.05) is 6.54 Å². The second-order valence-electron chi connectivity index (χ2n) is 4.22. The number of fused-ring (bicyclic) bond motifs is 3. The molecule has 2 heterocycles. The van der Waals surface area contributed by atoms with E-state index in [1.165, 1.54) is 17.3 Å². The first-order valence-corrected chi connectivity index (χ1v) is 5.75. The maximum Gasteiger partial charge on any atom is 0.128 e. The third-order valence-corrected chi connectivity index (χ3v) is 3.57. The van der Waals surface area contributed by atoms with Crippen LogP contribution in [0.25, 0.3) is 10.9 Å². The van der Waals surface area contributed by atoms with Gasteiger partial charge in [-0.2, -0.15) is 0 Å². The van der Waals surface area contributed by atoms with E-state index in [2.05, 4.69) is 10.3 Å². The van der Waals surface area contributed by atoms with Gasteiger partial charge in [-0.1, -0.05) is 11.6 Å². The summed E-state index contributed by atoms with van der Waals surface area (Å²) in [6, 6.07) is 1.38. The highest BCUT2D eigenvalue weighted by atomic mass is 35.5. The van der Waals surface area contributed by atoms with Gasteiger partial charge in [-0.25, -0.2) is 4.39 Å². The zero-order valence-electron chi connectivity index (χ0n) is 8.95. The van der Waals surface area contributed by atoms with Crippen LogP contribution in [0.2, 0.25) is 5.02 Å². The smallest absolute Gasteiger partial charge is 0.128 e. The SMILES string of the molecule is Cc1c(F)cc(Cl)c2[nH]c3c(c12)CNCC3. The molecule has 84 valence electrons. The highest BCUT2D eigenvalue weighted by Crippen LogP contribution is 2.33. The Balaban J connectivity index is 2.43. The van der Waals surface area contributed by atoms with Crippen molar-refractivity contribution in [1.82, 2.24) is 10.3 Å². The molecule has 0 saturated heterocycles. The van der Waals surface area contributed by atoms with E-state index < -0.39 is 0 Å². The van der Waals surface area contributed by atoms with Crippen LogP contribution in [0.1, 0.15) is 16.8 Å². The number of H-pyrrole nitrogens is 1. The molecule has 0 amide bonds. The van der Waals surface area contributed by atoms with Gasteiger partial charge in [0.05, 0.1) is 10.5 Å². The van der Waals surface area contributed by atoms with Gasteiger partial charge in [0.1, 0.15) is 5.82 Å². The summed E-state index contributed by atoms with van der Waals surface area (Å²) in [7, 11) is 0. The summed E-state index contributed by atoms with van der Waals surface area (Å²) in [5.41, 5.74) is 3.90. The number of benzene rings is 1. The Hall–Kier alpha value is -1.06. The lowest BCUT2D eigenvalue weighted by molar-refractivity contribution is 0.619. The Morgan fingerprint density at radius 2 is 2.25 bits per heavy atom. The number of aromatic amines is 1. The van der Waals surface area contributed by atoms with E-state index >= 15 is 0 Å². The van der Waals surface area contributed by atoms with E-state index in [0.717, 1.165) is 30.4 Å². The molecule has 1 aromatic heterocycles. The van der Waals surface area contributed by atoms with Crippen LogP contribution in [0.3, 0.4) is 0 Å². The average molecular weight is 239 g/mol. The average Bonchev–Trinajstić information content (AvgIpc) is 2.66. The Morgan fingerprint density at radius 1 is 1.44 bits per heavy atom. The monoisotopic (exact) mass is 238 g/mol. The molecule has 0 unspecified atom stereocenters. The Kier molecular flexibility index (Phi) is 2.19. The van der Waals surface area contributed by atoms with Crippen LogP contribution < -0.4 is 5.32 Å². The first-order valence-electron chi connectivity index (χ1n) is 5.37. The molecule has 1 aliphatic heterocycles. The van der Waals surface area contributed by atoms with E-state index in [-0.39, 0.29) is 5.82 Å². The van der Waals surface area contributed by atoms with Crippen molar-refractivity contribution in [2.24, 2.45) is 0 Å². The van der Waals surface area contributed by atoms with Gasteiger partial charge in [0.15, 0.2) is 0 Å². The van der Waals surface area contributed by atoms with Crippen molar-refractivity contribution in [3.63, 3.8) is 0 Å². The number of halogens is 2. The first-order chi connectivity index (χ1) is 7.68. The van der Waals surface area contributed by atoms with E-state index in [0.29, 0.717) is 10.6 Å². The number of aryl methyl sites for hydroxylation is 1. The third kappa shape index (κ3) is 1.28. The van der Waals surface area contributed by atoms with Crippen LogP contribution in [-0.4, -0.2) is 11.5 Å². The standard InChI is InChI=1S/C12H12ClFN2/c1-6-9(14)4-8(13)12-11(6)7-5-15-3-2-10(7)16-12/h4,15-16H,2-3,5H2,1H3. The normalized spacial score (nSPS) is 15.4. The molecule has 4 heteroatoms. The molecular formula is C12H12ClFN2. The van der Waals surface area contributed by atoms with Gasteiger partial charge in [0.2, 0.25) is 0 Å². The maximum atomic E-state index is 13.6. The quantitative estimate of drug-likeness (QED) is 0.726. The first kappa shape index (κ1) is 10.1. The summed E-state index contributed by atoms with van der Waals surface area (Å²) in [4.78, 5) is 3.31. The van der Waals surface area contributed by atoms with Crippen LogP contribution in [0.4, 0.5) is 4.39 Å². The van der Waals surface area contributed by atoms with Gasteiger partial charge in [-0.3, -0.25) is 0 Å². The minimum atomic E-state index is -0.232. The molecule has 2 aromatic rings. The van der Waals surface area contributed by atoms with E-state index in [4.69, 9.17) is 11.6 Å². The molecule has 0 atom stereocenters. The molecular weight excluding hydrogens is 227 g/mol. The molecule has 3 rings (SSSR count). The van der Waals surface area contributed by atoms with E-state index in [9.17, 15) is 4.39 Å². The lowest BCUT2D eigenvalue weighted by Crippen LogP contribution is -2.23. The van der Waals surface area contributed by atoms with Crippen molar-refractivity contribution in [3.05, 3.63) is 33.7 Å². The Morgan fingerprint density at radius 3 is 3.06 bits per heavy atom. The predicted octanol–water partition coefficient (Wildman–Crippen LogP) is 2.91. The number of nitrogens with one attached hydrogen (secondary N) is 2. The zero-order valence-corrected chi connectivity index (χ0v) is 9.71. The van der Waals surface area contributed by atoms with E-state index in [1.807, 2.05) is 0 Å². The van der Waals surface area contributed by atoms with Crippen LogP contribution in [0.15, 0.2) is 6.07 Å². The molecule has 2 nitrogen and oxygen atoms in total. The molecule has 0 radical (unpaired) electrons. The molecule has 0 spiro atoms. The van der Waals surface area contributed by atoms with E-state index in [1.54, 1.807) is 6.92 Å². The maximum absolute atomic E-state index is 13.6. The molecule has 1 aliphatic rings. The summed E-state index contributed by atoms with van der Waals surface area (Å²) in [6.45, 7) is 3.55. The second-order valence-corrected chi connectivity index (χ2v) is 4.63. The summed E-state index contributed by atoms with van der Waals surface area (Å²) >= 11 is 6.06. The highest BCUT2D eigenvalue weighted by molar-refractivity contribution is 6.35. The van der Waals surface area contributed by atoms with Gasteiger partial charge >= 0.3 is 0 Å². The summed E-state index contributed by atoms with van der Waals surface area (Å²) in [5, 5.41) is 4.72. The summed E-state index contributed by atoms with van der Waals surface area (Å²) in [5.74, 6) is -0.232. The largest absolute Gasteiger partial charge is 0.357 e. The van der Waals surface area contributed by atoms with Gasteiger partial charge in [-0.05, 0) is 24.1 Å².